The minimum Gasteiger partial charge on any atom is -0.508 e. The molecule has 1 aromatic heterocycles. The van der Waals surface area contributed by atoms with Crippen LogP contribution < -0.4 is 0 Å². The number of hydrogen-bond donors (Lipinski definition) is 2. The van der Waals surface area contributed by atoms with E-state index in [0.717, 1.165) is 16.9 Å². The summed E-state index contributed by atoms with van der Waals surface area (Å²) in [6.45, 7) is 3.81. The molecule has 2 aromatic rings. The lowest BCUT2D eigenvalue weighted by molar-refractivity contribution is 0.0695. The molecule has 0 aliphatic carbocycles. The molecule has 0 radical (unpaired) electrons. The molecular formula is C14H15NO3. The molecular weight excluding hydrogens is 230 g/mol. The Labute approximate surface area is 105 Å². The first kappa shape index (κ1) is 12.2. The molecule has 94 valence electrons. The monoisotopic (exact) mass is 245 g/mol. The fraction of sp³-hybridized carbons (Fsp3) is 0.214. The van der Waals surface area contributed by atoms with Crippen molar-refractivity contribution < 1.29 is 15.0 Å². The first-order chi connectivity index (χ1) is 8.54. The Bertz CT molecular complexity index is 599. The molecule has 1 aromatic carbocycles. The van der Waals surface area contributed by atoms with Gasteiger partial charge in [0.15, 0.2) is 0 Å². The molecule has 0 saturated carbocycles. The first-order valence-electron chi connectivity index (χ1n) is 5.78. The van der Waals surface area contributed by atoms with Crippen molar-refractivity contribution >= 4 is 5.97 Å². The van der Waals surface area contributed by atoms with E-state index in [0.29, 0.717) is 12.0 Å². The van der Waals surface area contributed by atoms with E-state index in [4.69, 9.17) is 5.11 Å². The van der Waals surface area contributed by atoms with E-state index in [1.165, 1.54) is 0 Å². The molecule has 0 bridgehead atoms. The fourth-order valence-electron chi connectivity index (χ4n) is 2.16. The third-order valence-electron chi connectivity index (χ3n) is 3.00. The van der Waals surface area contributed by atoms with Crippen molar-refractivity contribution in [3.8, 4) is 11.4 Å². The number of benzene rings is 1. The second-order valence-corrected chi connectivity index (χ2v) is 4.18. The van der Waals surface area contributed by atoms with Crippen LogP contribution in [0.15, 0.2) is 30.5 Å². The Hall–Kier alpha value is -2.23. The average molecular weight is 245 g/mol. The van der Waals surface area contributed by atoms with Crippen LogP contribution in [-0.2, 0) is 6.42 Å². The van der Waals surface area contributed by atoms with E-state index in [-0.39, 0.29) is 5.75 Å². The van der Waals surface area contributed by atoms with Gasteiger partial charge in [-0.25, -0.2) is 4.79 Å². The Morgan fingerprint density at radius 3 is 2.61 bits per heavy atom. The van der Waals surface area contributed by atoms with Crippen molar-refractivity contribution in [2.45, 2.75) is 20.3 Å². The van der Waals surface area contributed by atoms with Gasteiger partial charge < -0.3 is 14.8 Å². The predicted octanol–water partition coefficient (Wildman–Crippen LogP) is 2.75. The van der Waals surface area contributed by atoms with Crippen LogP contribution >= 0.6 is 0 Å². The molecule has 1 heterocycles. The number of phenolic OH excluding ortho intramolecular Hbond substituents is 1. The highest BCUT2D eigenvalue weighted by Crippen LogP contribution is 2.23. The van der Waals surface area contributed by atoms with Crippen molar-refractivity contribution in [2.24, 2.45) is 0 Å². The van der Waals surface area contributed by atoms with Crippen molar-refractivity contribution in [2.75, 3.05) is 0 Å². The van der Waals surface area contributed by atoms with Crippen LogP contribution in [0.5, 0.6) is 5.75 Å². The van der Waals surface area contributed by atoms with Gasteiger partial charge in [0.05, 0.1) is 5.56 Å². The van der Waals surface area contributed by atoms with Crippen LogP contribution in [0, 0.1) is 6.92 Å². The summed E-state index contributed by atoms with van der Waals surface area (Å²) < 4.78 is 1.86. The van der Waals surface area contributed by atoms with Crippen LogP contribution in [0.3, 0.4) is 0 Å². The molecule has 0 unspecified atom stereocenters. The minimum atomic E-state index is -0.915. The molecule has 0 saturated heterocycles. The zero-order valence-electron chi connectivity index (χ0n) is 10.3. The van der Waals surface area contributed by atoms with Gasteiger partial charge in [-0.1, -0.05) is 6.92 Å². The third-order valence-corrected chi connectivity index (χ3v) is 3.00. The quantitative estimate of drug-likeness (QED) is 0.874. The van der Waals surface area contributed by atoms with E-state index in [1.807, 2.05) is 18.4 Å². The Morgan fingerprint density at radius 1 is 1.33 bits per heavy atom. The number of aromatic hydroxyl groups is 1. The number of aromatic nitrogens is 1. The number of carboxylic acids is 1. The lowest BCUT2D eigenvalue weighted by atomic mass is 10.1. The molecule has 0 amide bonds. The SMILES string of the molecule is CCc1c(C(=O)O)ccn1-c1ccc(O)cc1C. The predicted molar refractivity (Wildman–Crippen MR) is 68.5 cm³/mol. The highest BCUT2D eigenvalue weighted by Gasteiger charge is 2.15. The highest BCUT2D eigenvalue weighted by atomic mass is 16.4. The summed E-state index contributed by atoms with van der Waals surface area (Å²) in [7, 11) is 0. The van der Waals surface area contributed by atoms with E-state index in [2.05, 4.69) is 0 Å². The zero-order valence-corrected chi connectivity index (χ0v) is 10.3. The summed E-state index contributed by atoms with van der Waals surface area (Å²) in [5.74, 6) is -0.707. The zero-order chi connectivity index (χ0) is 13.3. The van der Waals surface area contributed by atoms with E-state index >= 15 is 0 Å². The number of aromatic carboxylic acids is 1. The van der Waals surface area contributed by atoms with Crippen LogP contribution in [0.25, 0.3) is 5.69 Å². The van der Waals surface area contributed by atoms with Gasteiger partial charge in [-0.2, -0.15) is 0 Å². The number of nitrogens with zero attached hydrogens (tertiary/aromatic N) is 1. The molecule has 0 spiro atoms. The van der Waals surface area contributed by atoms with Gasteiger partial charge in [0.25, 0.3) is 0 Å². The standard InChI is InChI=1S/C14H15NO3/c1-3-12-11(14(17)18)6-7-15(12)13-5-4-10(16)8-9(13)2/h4-8,16H,3H2,1-2H3,(H,17,18). The first-order valence-corrected chi connectivity index (χ1v) is 5.78. The van der Waals surface area contributed by atoms with Gasteiger partial charge >= 0.3 is 5.97 Å². The summed E-state index contributed by atoms with van der Waals surface area (Å²) in [4.78, 5) is 11.1. The van der Waals surface area contributed by atoms with Crippen molar-refractivity contribution in [1.29, 1.82) is 0 Å². The molecule has 18 heavy (non-hydrogen) atoms. The van der Waals surface area contributed by atoms with Crippen LogP contribution in [0.4, 0.5) is 0 Å². The summed E-state index contributed by atoms with van der Waals surface area (Å²) in [6.07, 6.45) is 2.39. The average Bonchev–Trinajstić information content (AvgIpc) is 2.72. The molecule has 0 aliphatic rings. The van der Waals surface area contributed by atoms with Gasteiger partial charge in [0.2, 0.25) is 0 Å². The Morgan fingerprint density at radius 2 is 2.06 bits per heavy atom. The highest BCUT2D eigenvalue weighted by molar-refractivity contribution is 5.89. The van der Waals surface area contributed by atoms with Gasteiger partial charge in [-0.3, -0.25) is 0 Å². The molecule has 0 atom stereocenters. The van der Waals surface area contributed by atoms with Crippen molar-refractivity contribution in [3.05, 3.63) is 47.3 Å². The number of hydrogen-bond acceptors (Lipinski definition) is 2. The van der Waals surface area contributed by atoms with Gasteiger partial charge in [-0.05, 0) is 43.2 Å². The summed E-state index contributed by atoms with van der Waals surface area (Å²) in [6, 6.07) is 6.65. The number of phenols is 1. The number of rotatable bonds is 3. The molecule has 2 rings (SSSR count). The lowest BCUT2D eigenvalue weighted by Gasteiger charge is -2.12. The summed E-state index contributed by atoms with van der Waals surface area (Å²) in [5.41, 5.74) is 2.87. The Kier molecular flexibility index (Phi) is 3.10. The number of carboxylic acid groups (broad SMARTS) is 1. The smallest absolute Gasteiger partial charge is 0.337 e. The molecule has 4 nitrogen and oxygen atoms in total. The topological polar surface area (TPSA) is 62.5 Å². The van der Waals surface area contributed by atoms with E-state index in [1.54, 1.807) is 30.5 Å². The third kappa shape index (κ3) is 1.97. The maximum Gasteiger partial charge on any atom is 0.337 e. The molecule has 2 N–H and O–H groups in total. The fourth-order valence-corrected chi connectivity index (χ4v) is 2.16. The number of aryl methyl sites for hydroxylation is 1. The van der Waals surface area contributed by atoms with Gasteiger partial charge in [0.1, 0.15) is 5.75 Å². The maximum absolute atomic E-state index is 11.1. The normalized spacial score (nSPS) is 10.6. The van der Waals surface area contributed by atoms with Crippen molar-refractivity contribution in [1.82, 2.24) is 4.57 Å². The second kappa shape index (κ2) is 4.56. The van der Waals surface area contributed by atoms with Crippen LogP contribution in [-0.4, -0.2) is 20.7 Å². The van der Waals surface area contributed by atoms with Gasteiger partial charge in [-0.15, -0.1) is 0 Å². The van der Waals surface area contributed by atoms with E-state index in [9.17, 15) is 9.90 Å². The van der Waals surface area contributed by atoms with Gasteiger partial charge in [0, 0.05) is 17.6 Å². The molecule has 0 aliphatic heterocycles. The summed E-state index contributed by atoms with van der Waals surface area (Å²) in [5, 5.41) is 18.5. The summed E-state index contributed by atoms with van der Waals surface area (Å²) >= 11 is 0. The number of carbonyl (C=O) groups is 1. The van der Waals surface area contributed by atoms with E-state index < -0.39 is 5.97 Å². The minimum absolute atomic E-state index is 0.208. The second-order valence-electron chi connectivity index (χ2n) is 4.18. The largest absolute Gasteiger partial charge is 0.508 e. The maximum atomic E-state index is 11.1. The van der Waals surface area contributed by atoms with Crippen LogP contribution in [0.1, 0.15) is 28.5 Å². The lowest BCUT2D eigenvalue weighted by Crippen LogP contribution is -2.05. The molecule has 4 heteroatoms. The van der Waals surface area contributed by atoms with Crippen molar-refractivity contribution in [3.63, 3.8) is 0 Å². The van der Waals surface area contributed by atoms with Crippen LogP contribution in [0.2, 0.25) is 0 Å². The Balaban J connectivity index is 2.60. The molecule has 0 fully saturated rings.